The lowest BCUT2D eigenvalue weighted by atomic mass is 10.1. The lowest BCUT2D eigenvalue weighted by Crippen LogP contribution is -2.33. The number of hydrogen-bond donors (Lipinski definition) is 2. The normalized spacial score (nSPS) is 16.6. The Bertz CT molecular complexity index is 747. The number of β-amino-alcohol motifs (C(OH)–C–C–N with tert-alkyl or cyclic N) is 1. The van der Waals surface area contributed by atoms with Gasteiger partial charge in [0.1, 0.15) is 0 Å². The monoisotopic (exact) mass is 306 g/mol. The van der Waals surface area contributed by atoms with Crippen LogP contribution in [0.5, 0.6) is 0 Å². The predicted octanol–water partition coefficient (Wildman–Crippen LogP) is 2.68. The Labute approximate surface area is 135 Å². The zero-order valence-corrected chi connectivity index (χ0v) is 12.7. The van der Waals surface area contributed by atoms with Gasteiger partial charge in [0.15, 0.2) is 0 Å². The molecule has 2 aromatic carbocycles. The highest BCUT2D eigenvalue weighted by atomic mass is 16.3. The van der Waals surface area contributed by atoms with Crippen molar-refractivity contribution in [1.29, 1.82) is 0 Å². The first-order valence-corrected chi connectivity index (χ1v) is 7.62. The van der Waals surface area contributed by atoms with Gasteiger partial charge in [0.2, 0.25) is 0 Å². The van der Waals surface area contributed by atoms with Crippen molar-refractivity contribution in [3.8, 4) is 11.8 Å². The number of aliphatic hydroxyl groups excluding tert-OH is 1. The smallest absolute Gasteiger partial charge is 0.321 e. The lowest BCUT2D eigenvalue weighted by molar-refractivity contribution is 0.176. The predicted molar refractivity (Wildman–Crippen MR) is 90.1 cm³/mol. The fourth-order valence-corrected chi connectivity index (χ4v) is 2.47. The molecule has 1 heterocycles. The second kappa shape index (κ2) is 6.99. The fraction of sp³-hybridized carbons (Fsp3) is 0.211. The van der Waals surface area contributed by atoms with Gasteiger partial charge >= 0.3 is 6.03 Å². The summed E-state index contributed by atoms with van der Waals surface area (Å²) in [7, 11) is 0. The van der Waals surface area contributed by atoms with Gasteiger partial charge < -0.3 is 15.3 Å². The first-order chi connectivity index (χ1) is 11.2. The van der Waals surface area contributed by atoms with E-state index in [0.29, 0.717) is 25.2 Å². The Morgan fingerprint density at radius 2 is 1.83 bits per heavy atom. The molecular formula is C19H18N2O2. The number of nitrogens with one attached hydrogen (secondary N) is 1. The molecule has 4 nitrogen and oxygen atoms in total. The number of benzene rings is 2. The molecule has 1 atom stereocenters. The average Bonchev–Trinajstić information content (AvgIpc) is 3.01. The third-order valence-electron chi connectivity index (χ3n) is 3.69. The van der Waals surface area contributed by atoms with Crippen LogP contribution >= 0.6 is 0 Å². The maximum absolute atomic E-state index is 12.1. The van der Waals surface area contributed by atoms with Gasteiger partial charge in [-0.3, -0.25) is 0 Å². The maximum atomic E-state index is 12.1. The molecule has 0 unspecified atom stereocenters. The minimum absolute atomic E-state index is 0.185. The molecule has 2 amide bonds. The third kappa shape index (κ3) is 4.12. The molecule has 116 valence electrons. The van der Waals surface area contributed by atoms with Crippen LogP contribution in [-0.2, 0) is 0 Å². The van der Waals surface area contributed by atoms with Gasteiger partial charge in [-0.15, -0.1) is 0 Å². The van der Waals surface area contributed by atoms with Gasteiger partial charge in [-0.1, -0.05) is 36.1 Å². The molecule has 2 aromatic rings. The van der Waals surface area contributed by atoms with Crippen LogP contribution in [0.15, 0.2) is 54.6 Å². The van der Waals surface area contributed by atoms with Crippen LogP contribution in [0.3, 0.4) is 0 Å². The number of amides is 2. The van der Waals surface area contributed by atoms with Crippen molar-refractivity contribution < 1.29 is 9.90 Å². The van der Waals surface area contributed by atoms with Crippen molar-refractivity contribution in [1.82, 2.24) is 4.90 Å². The molecule has 0 radical (unpaired) electrons. The van der Waals surface area contributed by atoms with Crippen LogP contribution in [0.25, 0.3) is 0 Å². The summed E-state index contributed by atoms with van der Waals surface area (Å²) in [5, 5.41) is 12.3. The van der Waals surface area contributed by atoms with Crippen molar-refractivity contribution >= 4 is 11.7 Å². The highest BCUT2D eigenvalue weighted by molar-refractivity contribution is 5.89. The van der Waals surface area contributed by atoms with E-state index in [4.69, 9.17) is 0 Å². The SMILES string of the molecule is O=C(Nc1cccc(C#Cc2ccccc2)c1)N1CC[C@H](O)C1. The first-order valence-electron chi connectivity index (χ1n) is 7.62. The van der Waals surface area contributed by atoms with E-state index in [1.54, 1.807) is 4.90 Å². The van der Waals surface area contributed by atoms with E-state index in [2.05, 4.69) is 17.2 Å². The number of hydrogen-bond acceptors (Lipinski definition) is 2. The Balaban J connectivity index is 1.68. The number of likely N-dealkylation sites (tertiary alicyclic amines) is 1. The summed E-state index contributed by atoms with van der Waals surface area (Å²) in [6, 6.07) is 17.0. The number of rotatable bonds is 1. The second-order valence-electron chi connectivity index (χ2n) is 5.52. The molecule has 3 rings (SSSR count). The van der Waals surface area contributed by atoms with Gasteiger partial charge in [-0.05, 0) is 36.8 Å². The largest absolute Gasteiger partial charge is 0.391 e. The Morgan fingerprint density at radius 1 is 1.09 bits per heavy atom. The summed E-state index contributed by atoms with van der Waals surface area (Å²) in [5.41, 5.74) is 2.50. The van der Waals surface area contributed by atoms with Crippen LogP contribution in [-0.4, -0.2) is 35.2 Å². The van der Waals surface area contributed by atoms with Gasteiger partial charge in [-0.25, -0.2) is 4.79 Å². The highest BCUT2D eigenvalue weighted by Crippen LogP contribution is 2.14. The zero-order chi connectivity index (χ0) is 16.1. The average molecular weight is 306 g/mol. The quantitative estimate of drug-likeness (QED) is 0.796. The fourth-order valence-electron chi connectivity index (χ4n) is 2.47. The minimum atomic E-state index is -0.413. The van der Waals surface area contributed by atoms with Crippen molar-refractivity contribution in [3.05, 3.63) is 65.7 Å². The molecule has 1 aliphatic rings. The summed E-state index contributed by atoms with van der Waals surface area (Å²) < 4.78 is 0. The summed E-state index contributed by atoms with van der Waals surface area (Å²) in [6.07, 6.45) is 0.222. The molecule has 0 aliphatic carbocycles. The number of nitrogens with zero attached hydrogens (tertiary/aromatic N) is 1. The van der Waals surface area contributed by atoms with E-state index in [9.17, 15) is 9.90 Å². The van der Waals surface area contributed by atoms with Gasteiger partial charge in [0.25, 0.3) is 0 Å². The molecule has 1 fully saturated rings. The number of carbonyl (C=O) groups is 1. The van der Waals surface area contributed by atoms with Crippen molar-refractivity contribution in [2.45, 2.75) is 12.5 Å². The molecule has 0 saturated carbocycles. The summed E-state index contributed by atoms with van der Waals surface area (Å²) in [4.78, 5) is 13.7. The van der Waals surface area contributed by atoms with E-state index in [1.807, 2.05) is 54.6 Å². The standard InChI is InChI=1S/C19H18N2O2/c22-18-11-12-21(14-18)19(23)20-17-8-4-7-16(13-17)10-9-15-5-2-1-3-6-15/h1-8,13,18,22H,11-12,14H2,(H,20,23)/t18-/m0/s1. The molecule has 2 N–H and O–H groups in total. The van der Waals surface area contributed by atoms with E-state index >= 15 is 0 Å². The van der Waals surface area contributed by atoms with Crippen LogP contribution in [0.4, 0.5) is 10.5 Å². The lowest BCUT2D eigenvalue weighted by Gasteiger charge is -2.16. The van der Waals surface area contributed by atoms with E-state index in [1.165, 1.54) is 0 Å². The van der Waals surface area contributed by atoms with Crippen molar-refractivity contribution in [3.63, 3.8) is 0 Å². The number of anilines is 1. The first kappa shape index (κ1) is 15.1. The molecule has 0 bridgehead atoms. The second-order valence-corrected chi connectivity index (χ2v) is 5.52. The Hall–Kier alpha value is -2.77. The van der Waals surface area contributed by atoms with E-state index < -0.39 is 6.10 Å². The topological polar surface area (TPSA) is 52.6 Å². The summed E-state index contributed by atoms with van der Waals surface area (Å²) in [6.45, 7) is 0.972. The Kier molecular flexibility index (Phi) is 4.60. The zero-order valence-electron chi connectivity index (χ0n) is 12.7. The molecule has 0 spiro atoms. The van der Waals surface area contributed by atoms with E-state index in [0.717, 1.165) is 11.1 Å². The van der Waals surface area contributed by atoms with Crippen molar-refractivity contribution in [2.75, 3.05) is 18.4 Å². The third-order valence-corrected chi connectivity index (χ3v) is 3.69. The summed E-state index contributed by atoms with van der Waals surface area (Å²) in [5.74, 6) is 6.19. The molecule has 23 heavy (non-hydrogen) atoms. The minimum Gasteiger partial charge on any atom is -0.391 e. The van der Waals surface area contributed by atoms with Gasteiger partial charge in [-0.2, -0.15) is 0 Å². The molecule has 1 saturated heterocycles. The van der Waals surface area contributed by atoms with Crippen molar-refractivity contribution in [2.24, 2.45) is 0 Å². The number of urea groups is 1. The van der Waals surface area contributed by atoms with Crippen LogP contribution in [0, 0.1) is 11.8 Å². The number of carbonyl (C=O) groups excluding carboxylic acids is 1. The molecule has 1 aliphatic heterocycles. The van der Waals surface area contributed by atoms with Crippen LogP contribution < -0.4 is 5.32 Å². The maximum Gasteiger partial charge on any atom is 0.321 e. The van der Waals surface area contributed by atoms with E-state index in [-0.39, 0.29) is 6.03 Å². The Morgan fingerprint density at radius 3 is 2.57 bits per heavy atom. The number of aliphatic hydroxyl groups is 1. The molecule has 0 aromatic heterocycles. The highest BCUT2D eigenvalue weighted by Gasteiger charge is 2.24. The van der Waals surface area contributed by atoms with Gasteiger partial charge in [0.05, 0.1) is 6.10 Å². The van der Waals surface area contributed by atoms with Gasteiger partial charge in [0, 0.05) is 29.9 Å². The van der Waals surface area contributed by atoms with Crippen LogP contribution in [0.1, 0.15) is 17.5 Å². The van der Waals surface area contributed by atoms with Crippen LogP contribution in [0.2, 0.25) is 0 Å². The summed E-state index contributed by atoms with van der Waals surface area (Å²) >= 11 is 0. The molecular weight excluding hydrogens is 288 g/mol. The molecule has 4 heteroatoms.